The number of nitrogens with one attached hydrogen (secondary N) is 2. The summed E-state index contributed by atoms with van der Waals surface area (Å²) >= 11 is 3.05. The summed E-state index contributed by atoms with van der Waals surface area (Å²) < 4.78 is 0. The lowest BCUT2D eigenvalue weighted by Gasteiger charge is -2.05. The van der Waals surface area contributed by atoms with Gasteiger partial charge < -0.3 is 5.32 Å². The van der Waals surface area contributed by atoms with Gasteiger partial charge in [0.25, 0.3) is 0 Å². The maximum Gasteiger partial charge on any atom is 0.234 e. The fraction of sp³-hybridized carbons (Fsp3) is 0.500. The zero-order chi connectivity index (χ0) is 17.5. The van der Waals surface area contributed by atoms with Gasteiger partial charge in [0.2, 0.25) is 11.1 Å². The van der Waals surface area contributed by atoms with E-state index in [1.807, 2.05) is 30.5 Å². The van der Waals surface area contributed by atoms with Gasteiger partial charge in [0, 0.05) is 17.0 Å². The van der Waals surface area contributed by atoms with Crippen molar-refractivity contribution in [1.82, 2.24) is 15.2 Å². The summed E-state index contributed by atoms with van der Waals surface area (Å²) in [5.41, 5.74) is 0.815. The van der Waals surface area contributed by atoms with Gasteiger partial charge in [-0.1, -0.05) is 37.4 Å². The van der Waals surface area contributed by atoms with Crippen molar-refractivity contribution in [2.45, 2.75) is 48.6 Å². The number of thioether (sulfide) groups is 2. The van der Waals surface area contributed by atoms with Crippen LogP contribution in [0.2, 0.25) is 0 Å². The predicted molar refractivity (Wildman–Crippen MR) is 104 cm³/mol. The number of aromatic amines is 1. The number of anilines is 1. The minimum absolute atomic E-state index is 0.0424. The van der Waals surface area contributed by atoms with Gasteiger partial charge in [-0.3, -0.25) is 9.89 Å². The lowest BCUT2D eigenvalue weighted by molar-refractivity contribution is -0.113. The molecule has 3 rings (SSSR count). The first-order valence-electron chi connectivity index (χ1n) is 8.71. The van der Waals surface area contributed by atoms with E-state index in [0.29, 0.717) is 10.9 Å². The Labute approximate surface area is 157 Å². The minimum Gasteiger partial charge on any atom is -0.325 e. The Morgan fingerprint density at radius 3 is 2.76 bits per heavy atom. The summed E-state index contributed by atoms with van der Waals surface area (Å²) in [5.74, 6) is 2.05. The van der Waals surface area contributed by atoms with Gasteiger partial charge in [0.05, 0.1) is 5.75 Å². The smallest absolute Gasteiger partial charge is 0.234 e. The van der Waals surface area contributed by atoms with E-state index < -0.39 is 0 Å². The van der Waals surface area contributed by atoms with Crippen molar-refractivity contribution in [3.8, 4) is 0 Å². The molecule has 1 fully saturated rings. The summed E-state index contributed by atoms with van der Waals surface area (Å²) in [6.07, 6.45) is 9.62. The second-order valence-corrected chi connectivity index (χ2v) is 8.14. The molecule has 0 unspecified atom stereocenters. The summed E-state index contributed by atoms with van der Waals surface area (Å²) in [6.45, 7) is 0. The van der Waals surface area contributed by atoms with Crippen molar-refractivity contribution in [2.24, 2.45) is 5.92 Å². The van der Waals surface area contributed by atoms with Crippen molar-refractivity contribution >= 4 is 35.1 Å². The number of carbonyl (C=O) groups is 1. The van der Waals surface area contributed by atoms with Crippen LogP contribution in [0.4, 0.5) is 5.69 Å². The van der Waals surface area contributed by atoms with Crippen LogP contribution in [0.15, 0.2) is 34.3 Å². The maximum atomic E-state index is 12.0. The van der Waals surface area contributed by atoms with E-state index in [2.05, 4.69) is 20.5 Å². The number of carbonyl (C=O) groups excluding carboxylic acids is 1. The highest BCUT2D eigenvalue weighted by Gasteiger charge is 2.16. The van der Waals surface area contributed by atoms with Gasteiger partial charge >= 0.3 is 0 Å². The molecule has 0 bridgehead atoms. The fourth-order valence-electron chi connectivity index (χ4n) is 3.10. The van der Waals surface area contributed by atoms with Crippen LogP contribution in [0.1, 0.15) is 37.9 Å². The number of hydrogen-bond donors (Lipinski definition) is 2. The molecular formula is C18H24N4OS2. The van der Waals surface area contributed by atoms with Gasteiger partial charge in [-0.05, 0) is 42.9 Å². The number of amides is 1. The van der Waals surface area contributed by atoms with Gasteiger partial charge in [-0.25, -0.2) is 4.98 Å². The molecule has 0 saturated heterocycles. The number of H-pyrrole nitrogens is 1. The number of hydrogen-bond acceptors (Lipinski definition) is 5. The first-order valence-corrected chi connectivity index (χ1v) is 10.9. The Balaban J connectivity index is 1.40. The van der Waals surface area contributed by atoms with Crippen LogP contribution in [-0.4, -0.2) is 33.1 Å². The highest BCUT2D eigenvalue weighted by molar-refractivity contribution is 7.99. The van der Waals surface area contributed by atoms with E-state index in [4.69, 9.17) is 0 Å². The maximum absolute atomic E-state index is 12.0. The zero-order valence-electron chi connectivity index (χ0n) is 14.5. The molecule has 0 aliphatic heterocycles. The van der Waals surface area contributed by atoms with Crippen LogP contribution < -0.4 is 5.32 Å². The second kappa shape index (κ2) is 9.29. The van der Waals surface area contributed by atoms with Crippen LogP contribution >= 0.6 is 23.5 Å². The Morgan fingerprint density at radius 2 is 2.04 bits per heavy atom. The van der Waals surface area contributed by atoms with Crippen molar-refractivity contribution in [2.75, 3.05) is 17.3 Å². The molecule has 0 radical (unpaired) electrons. The first kappa shape index (κ1) is 18.3. The molecule has 7 heteroatoms. The lowest BCUT2D eigenvalue weighted by atomic mass is 10.0. The number of benzene rings is 1. The SMILES string of the molecule is CSc1ccc(NC(=O)CSc2n[nH]c(CCC3CCCC3)n2)cc1. The standard InChI is InChI=1S/C18H24N4OS2/c1-24-15-9-7-14(8-10-15)19-17(23)12-25-18-20-16(21-22-18)11-6-13-4-2-3-5-13/h7-10,13H,2-6,11-12H2,1H3,(H,19,23)(H,20,21,22). The average molecular weight is 377 g/mol. The summed E-state index contributed by atoms with van der Waals surface area (Å²) in [6, 6.07) is 7.84. The Kier molecular flexibility index (Phi) is 6.81. The molecule has 0 atom stereocenters. The van der Waals surface area contributed by atoms with E-state index in [1.165, 1.54) is 48.8 Å². The fourth-order valence-corrected chi connectivity index (χ4v) is 4.12. The van der Waals surface area contributed by atoms with Crippen molar-refractivity contribution in [3.63, 3.8) is 0 Å². The topological polar surface area (TPSA) is 70.7 Å². The molecule has 5 nitrogen and oxygen atoms in total. The molecule has 1 aliphatic carbocycles. The summed E-state index contributed by atoms with van der Waals surface area (Å²) in [5, 5.41) is 10.8. The van der Waals surface area contributed by atoms with Gasteiger partial charge in [-0.2, -0.15) is 0 Å². The molecule has 0 spiro atoms. The van der Waals surface area contributed by atoms with Crippen molar-refractivity contribution < 1.29 is 4.79 Å². The molecule has 1 aromatic carbocycles. The molecule has 134 valence electrons. The van der Waals surface area contributed by atoms with Crippen LogP contribution in [-0.2, 0) is 11.2 Å². The van der Waals surface area contributed by atoms with Crippen molar-refractivity contribution in [1.29, 1.82) is 0 Å². The molecule has 1 aromatic heterocycles. The summed E-state index contributed by atoms with van der Waals surface area (Å²) in [4.78, 5) is 17.7. The van der Waals surface area contributed by atoms with Gasteiger partial charge in [0.1, 0.15) is 5.82 Å². The number of nitrogens with zero attached hydrogens (tertiary/aromatic N) is 2. The molecule has 1 amide bonds. The van der Waals surface area contributed by atoms with Crippen LogP contribution in [0, 0.1) is 5.92 Å². The van der Waals surface area contributed by atoms with Crippen molar-refractivity contribution in [3.05, 3.63) is 30.1 Å². The highest BCUT2D eigenvalue weighted by atomic mass is 32.2. The molecule has 1 saturated carbocycles. The van der Waals surface area contributed by atoms with E-state index in [-0.39, 0.29) is 5.91 Å². The molecule has 2 N–H and O–H groups in total. The third-order valence-electron chi connectivity index (χ3n) is 4.48. The van der Waals surface area contributed by atoms with Gasteiger partial charge in [0.15, 0.2) is 0 Å². The van der Waals surface area contributed by atoms with Crippen LogP contribution in [0.3, 0.4) is 0 Å². The number of rotatable bonds is 8. The third kappa shape index (κ3) is 5.78. The Bertz CT molecular complexity index is 681. The Hall–Kier alpha value is -1.47. The van der Waals surface area contributed by atoms with E-state index in [0.717, 1.165) is 23.9 Å². The second-order valence-electron chi connectivity index (χ2n) is 6.32. The number of aromatic nitrogens is 3. The molecule has 25 heavy (non-hydrogen) atoms. The van der Waals surface area contributed by atoms with Crippen LogP contribution in [0.25, 0.3) is 0 Å². The molecule has 1 aliphatic rings. The molecule has 1 heterocycles. The zero-order valence-corrected chi connectivity index (χ0v) is 16.1. The monoisotopic (exact) mass is 376 g/mol. The molecule has 2 aromatic rings. The van der Waals surface area contributed by atoms with E-state index >= 15 is 0 Å². The third-order valence-corrected chi connectivity index (χ3v) is 6.07. The average Bonchev–Trinajstić information content (AvgIpc) is 3.30. The molecular weight excluding hydrogens is 352 g/mol. The van der Waals surface area contributed by atoms with E-state index in [9.17, 15) is 4.79 Å². The quantitative estimate of drug-likeness (QED) is 0.669. The highest BCUT2D eigenvalue weighted by Crippen LogP contribution is 2.28. The predicted octanol–water partition coefficient (Wildman–Crippen LogP) is 4.38. The lowest BCUT2D eigenvalue weighted by Crippen LogP contribution is -2.14. The normalized spacial score (nSPS) is 14.8. The summed E-state index contributed by atoms with van der Waals surface area (Å²) in [7, 11) is 0. The Morgan fingerprint density at radius 1 is 1.28 bits per heavy atom. The number of aryl methyl sites for hydroxylation is 1. The first-order chi connectivity index (χ1) is 12.2. The largest absolute Gasteiger partial charge is 0.325 e. The minimum atomic E-state index is -0.0424. The van der Waals surface area contributed by atoms with Crippen LogP contribution in [0.5, 0.6) is 0 Å². The van der Waals surface area contributed by atoms with Gasteiger partial charge in [-0.15, -0.1) is 16.9 Å². The van der Waals surface area contributed by atoms with E-state index in [1.54, 1.807) is 11.8 Å².